The molecule has 0 fully saturated rings. The monoisotopic (exact) mass is 407 g/mol. The highest BCUT2D eigenvalue weighted by atomic mass is 127. The molecule has 104 valence electrons. The zero-order valence-corrected chi connectivity index (χ0v) is 13.0. The lowest BCUT2D eigenvalue weighted by molar-refractivity contribution is 0.621. The van der Waals surface area contributed by atoms with E-state index in [1.54, 1.807) is 6.92 Å². The summed E-state index contributed by atoms with van der Waals surface area (Å²) in [4.78, 5) is 12.2. The molecule has 6 nitrogen and oxygen atoms in total. The van der Waals surface area contributed by atoms with E-state index in [-0.39, 0.29) is 10.8 Å². The molecule has 9 heteroatoms. The van der Waals surface area contributed by atoms with Gasteiger partial charge >= 0.3 is 0 Å². The predicted octanol–water partition coefficient (Wildman–Crippen LogP) is 2.20. The first kappa shape index (κ1) is 12.3. The molecule has 0 saturated heterocycles. The summed E-state index contributed by atoms with van der Waals surface area (Å²) in [5.41, 5.74) is 7.24. The first-order chi connectivity index (χ1) is 9.88. The molecule has 1 unspecified atom stereocenters. The number of aromatic nitrogens is 1. The fourth-order valence-corrected chi connectivity index (χ4v) is 2.75. The van der Waals surface area contributed by atoms with Crippen molar-refractivity contribution in [2.24, 2.45) is 9.98 Å². The predicted molar refractivity (Wildman–Crippen MR) is 84.5 cm³/mol. The van der Waals surface area contributed by atoms with Crippen LogP contribution in [-0.2, 0) is 0 Å². The Kier molecular flexibility index (Phi) is 3.19. The highest BCUT2D eigenvalue weighted by Crippen LogP contribution is 2.24. The molecule has 3 heterocycles. The smallest absolute Gasteiger partial charge is 0.217 e. The van der Waals surface area contributed by atoms with Crippen LogP contribution in [0, 0.1) is 5.82 Å². The van der Waals surface area contributed by atoms with Crippen LogP contribution < -0.4 is 16.2 Å². The van der Waals surface area contributed by atoms with Gasteiger partial charge in [0.2, 0.25) is 6.27 Å². The van der Waals surface area contributed by atoms with Crippen LogP contribution in [0.3, 0.4) is 0 Å². The van der Waals surface area contributed by atoms with E-state index in [4.69, 9.17) is 13.0 Å². The first-order valence-corrected chi connectivity index (χ1v) is 7.02. The van der Waals surface area contributed by atoms with Crippen molar-refractivity contribution in [1.82, 2.24) is 15.8 Å². The van der Waals surface area contributed by atoms with Crippen molar-refractivity contribution in [2.45, 2.75) is 13.2 Å². The maximum Gasteiger partial charge on any atom is 0.217 e. The lowest BCUT2D eigenvalue weighted by Crippen LogP contribution is -2.34. The fraction of sp³-hybridized carbons (Fsp3) is 0.182. The highest BCUT2D eigenvalue weighted by Gasteiger charge is 2.27. The first-order valence-electron chi connectivity index (χ1n) is 6.06. The van der Waals surface area contributed by atoms with Crippen molar-refractivity contribution < 1.29 is 5.76 Å². The van der Waals surface area contributed by atoms with E-state index in [0.717, 1.165) is 21.5 Å². The second-order valence-electron chi connectivity index (χ2n) is 4.03. The summed E-state index contributed by atoms with van der Waals surface area (Å²) in [6, 6.07) is 1.11. The number of hydrogen-bond acceptors (Lipinski definition) is 6. The van der Waals surface area contributed by atoms with Crippen LogP contribution in [0.5, 0.6) is 0 Å². The molecule has 0 saturated carbocycles. The molecule has 0 amide bonds. The maximum atomic E-state index is 13.0. The van der Waals surface area contributed by atoms with Gasteiger partial charge in [-0.3, -0.25) is 10.9 Å². The summed E-state index contributed by atoms with van der Waals surface area (Å²) in [6.45, 7) is 1.78. The van der Waals surface area contributed by atoms with Gasteiger partial charge in [0.25, 0.3) is 0 Å². The molecule has 2 aliphatic rings. The standard InChI is InChI=1S/C11H9ClFIN6/c1-4-7-8(14)19-20-10(7)18-11(16-4)17-9-6(12)2-5(13)3-15-9/h2-3,11H,1H3,(H,15,17)(H2,18,19,20)/i11D. The van der Waals surface area contributed by atoms with Crippen LogP contribution in [-0.4, -0.2) is 22.8 Å². The Bertz CT molecular complexity index is 721. The van der Waals surface area contributed by atoms with Gasteiger partial charge in [-0.25, -0.2) is 19.4 Å². The summed E-state index contributed by atoms with van der Waals surface area (Å²) < 4.78 is 22.1. The van der Waals surface area contributed by atoms with Crippen LogP contribution >= 0.6 is 34.2 Å². The number of anilines is 1. The van der Waals surface area contributed by atoms with Crippen molar-refractivity contribution in [1.29, 1.82) is 0 Å². The minimum absolute atomic E-state index is 0.0584. The Morgan fingerprint density at radius 1 is 1.50 bits per heavy atom. The lowest BCUT2D eigenvalue weighted by Gasteiger charge is -2.18. The molecule has 0 aromatic carbocycles. The van der Waals surface area contributed by atoms with E-state index in [2.05, 4.69) is 53.7 Å². The van der Waals surface area contributed by atoms with Crippen LogP contribution in [0.2, 0.25) is 5.02 Å². The van der Waals surface area contributed by atoms with Crippen LogP contribution in [0.4, 0.5) is 10.2 Å². The number of fused-ring (bicyclic) bond motifs is 1. The molecule has 1 aromatic rings. The van der Waals surface area contributed by atoms with Gasteiger partial charge < -0.3 is 5.32 Å². The molecule has 0 spiro atoms. The number of pyridine rings is 1. The van der Waals surface area contributed by atoms with Crippen molar-refractivity contribution >= 4 is 51.6 Å². The average Bonchev–Trinajstić information content (AvgIpc) is 2.74. The summed E-state index contributed by atoms with van der Waals surface area (Å²) in [5, 5.41) is 2.76. The Morgan fingerprint density at radius 2 is 2.30 bits per heavy atom. The van der Waals surface area contributed by atoms with Crippen LogP contribution in [0.1, 0.15) is 8.29 Å². The molecule has 1 aromatic heterocycles. The molecule has 3 N–H and O–H groups in total. The number of nitrogens with zero attached hydrogens (tertiary/aromatic N) is 3. The Morgan fingerprint density at radius 3 is 3.05 bits per heavy atom. The van der Waals surface area contributed by atoms with Gasteiger partial charge in [0.05, 0.1) is 16.8 Å². The number of amidine groups is 1. The average molecular weight is 408 g/mol. The van der Waals surface area contributed by atoms with E-state index in [0.29, 0.717) is 11.5 Å². The van der Waals surface area contributed by atoms with E-state index >= 15 is 0 Å². The third-order valence-electron chi connectivity index (χ3n) is 2.64. The normalized spacial score (nSPS) is 25.1. The minimum Gasteiger partial charge on any atom is -0.329 e. The van der Waals surface area contributed by atoms with Gasteiger partial charge in [-0.15, -0.1) is 0 Å². The molecular weight excluding hydrogens is 398 g/mol. The van der Waals surface area contributed by atoms with E-state index in [1.807, 2.05) is 0 Å². The molecule has 3 rings (SSSR count). The molecule has 0 radical (unpaired) electrons. The number of aliphatic imine (C=N–C) groups is 2. The lowest BCUT2D eigenvalue weighted by atomic mass is 10.1. The number of hydrazine groups is 1. The van der Waals surface area contributed by atoms with Gasteiger partial charge in [0.15, 0.2) is 5.84 Å². The van der Waals surface area contributed by atoms with Gasteiger partial charge in [0.1, 0.15) is 16.7 Å². The van der Waals surface area contributed by atoms with Gasteiger partial charge in [-0.05, 0) is 35.6 Å². The Balaban J connectivity index is 1.96. The SMILES string of the molecule is [2H]C1(Nc2ncc(F)cc2Cl)N=C(C)C2=C(I)NNC2=N1. The number of rotatable bonds is 2. The third kappa shape index (κ3) is 2.44. The topological polar surface area (TPSA) is 73.7 Å². The molecular formula is C11H9ClFIN6. The maximum absolute atomic E-state index is 13.0. The molecule has 1 atom stereocenters. The van der Waals surface area contributed by atoms with E-state index < -0.39 is 12.1 Å². The molecule has 0 bridgehead atoms. The van der Waals surface area contributed by atoms with Crippen LogP contribution in [0.15, 0.2) is 31.5 Å². The van der Waals surface area contributed by atoms with Gasteiger partial charge in [-0.2, -0.15) is 0 Å². The minimum atomic E-state index is -1.71. The highest BCUT2D eigenvalue weighted by molar-refractivity contribution is 14.1. The fourth-order valence-electron chi connectivity index (χ4n) is 1.77. The van der Waals surface area contributed by atoms with Gasteiger partial charge in [-0.1, -0.05) is 11.6 Å². The molecule has 0 aliphatic carbocycles. The largest absolute Gasteiger partial charge is 0.329 e. The third-order valence-corrected chi connectivity index (χ3v) is 3.74. The van der Waals surface area contributed by atoms with E-state index in [1.165, 1.54) is 0 Å². The summed E-state index contributed by atoms with van der Waals surface area (Å²) in [7, 11) is 0. The van der Waals surface area contributed by atoms with Crippen molar-refractivity contribution in [2.75, 3.05) is 5.32 Å². The molecule has 2 aliphatic heterocycles. The van der Waals surface area contributed by atoms with E-state index in [9.17, 15) is 4.39 Å². The molecule has 20 heavy (non-hydrogen) atoms. The number of hydrogen-bond donors (Lipinski definition) is 3. The Hall–Kier alpha value is -1.42. The second-order valence-corrected chi connectivity index (χ2v) is 5.52. The summed E-state index contributed by atoms with van der Waals surface area (Å²) in [6.07, 6.45) is -0.707. The van der Waals surface area contributed by atoms with Crippen LogP contribution in [0.25, 0.3) is 0 Å². The second kappa shape index (κ2) is 5.17. The zero-order chi connectivity index (χ0) is 15.2. The van der Waals surface area contributed by atoms with Gasteiger partial charge in [0, 0.05) is 5.71 Å². The zero-order valence-electron chi connectivity index (χ0n) is 11.1. The summed E-state index contributed by atoms with van der Waals surface area (Å²) in [5.74, 6) is 0.0929. The quantitative estimate of drug-likeness (QED) is 0.519. The summed E-state index contributed by atoms with van der Waals surface area (Å²) >= 11 is 8.01. The van der Waals surface area contributed by atoms with Crippen molar-refractivity contribution in [3.8, 4) is 0 Å². The van der Waals surface area contributed by atoms with Crippen molar-refractivity contribution in [3.05, 3.63) is 32.4 Å². The Labute approximate surface area is 134 Å². The van der Waals surface area contributed by atoms with Crippen molar-refractivity contribution in [3.63, 3.8) is 0 Å². The number of nitrogens with one attached hydrogen (secondary N) is 3. The number of halogens is 3.